The number of pyridine rings is 1. The van der Waals surface area contributed by atoms with Gasteiger partial charge in [-0.15, -0.1) is 5.10 Å². The van der Waals surface area contributed by atoms with E-state index in [0.717, 1.165) is 17.8 Å². The van der Waals surface area contributed by atoms with Crippen LogP contribution in [0.5, 0.6) is 0 Å². The fourth-order valence-corrected chi connectivity index (χ4v) is 1.89. The van der Waals surface area contributed by atoms with Crippen molar-refractivity contribution in [3.63, 3.8) is 0 Å². The lowest BCUT2D eigenvalue weighted by molar-refractivity contribution is 0.646. The van der Waals surface area contributed by atoms with Gasteiger partial charge in [-0.3, -0.25) is 4.98 Å². The Kier molecular flexibility index (Phi) is 3.06. The van der Waals surface area contributed by atoms with Crippen molar-refractivity contribution in [2.24, 2.45) is 5.92 Å². The van der Waals surface area contributed by atoms with Crippen molar-refractivity contribution >= 4 is 11.5 Å². The van der Waals surface area contributed by atoms with E-state index in [2.05, 4.69) is 34.5 Å². The molecule has 0 N–H and O–H groups in total. The number of rotatable bonds is 3. The minimum atomic E-state index is 0.665. The fraction of sp³-hybridized carbons (Fsp3) is 0.364. The van der Waals surface area contributed by atoms with Crippen molar-refractivity contribution in [2.75, 3.05) is 0 Å². The van der Waals surface area contributed by atoms with Gasteiger partial charge in [-0.1, -0.05) is 24.4 Å². The summed E-state index contributed by atoms with van der Waals surface area (Å²) in [5, 5.41) is 5.89. The molecule has 3 nitrogen and oxygen atoms in total. The second-order valence-electron chi connectivity index (χ2n) is 3.94. The van der Waals surface area contributed by atoms with Crippen LogP contribution in [0.4, 0.5) is 0 Å². The summed E-state index contributed by atoms with van der Waals surface area (Å²) in [5.41, 5.74) is 3.03. The summed E-state index contributed by atoms with van der Waals surface area (Å²) in [6.45, 7) is 4.41. The zero-order valence-electron chi connectivity index (χ0n) is 8.84. The smallest absolute Gasteiger partial charge is 0.124 e. The molecule has 15 heavy (non-hydrogen) atoms. The largest absolute Gasteiger partial charge is 0.254 e. The average molecular weight is 219 g/mol. The molecular weight excluding hydrogens is 206 g/mol. The molecule has 0 atom stereocenters. The van der Waals surface area contributed by atoms with Crippen LogP contribution in [0, 0.1) is 5.92 Å². The van der Waals surface area contributed by atoms with Crippen LogP contribution in [-0.2, 0) is 6.42 Å². The minimum absolute atomic E-state index is 0.665. The van der Waals surface area contributed by atoms with Crippen molar-refractivity contribution in [1.82, 2.24) is 14.6 Å². The molecule has 0 spiro atoms. The molecule has 0 aliphatic carbocycles. The van der Waals surface area contributed by atoms with Crippen LogP contribution in [-0.4, -0.2) is 14.6 Å². The van der Waals surface area contributed by atoms with E-state index in [1.54, 1.807) is 0 Å². The van der Waals surface area contributed by atoms with E-state index in [9.17, 15) is 0 Å². The Bertz CT molecular complexity index is 406. The molecule has 2 aromatic heterocycles. The average Bonchev–Trinajstić information content (AvgIpc) is 2.71. The van der Waals surface area contributed by atoms with Crippen molar-refractivity contribution in [3.05, 3.63) is 29.3 Å². The first-order valence-corrected chi connectivity index (χ1v) is 5.81. The third-order valence-electron chi connectivity index (χ3n) is 2.09. The van der Waals surface area contributed by atoms with Crippen molar-refractivity contribution in [1.29, 1.82) is 0 Å². The normalized spacial score (nSPS) is 10.9. The third-order valence-corrected chi connectivity index (χ3v) is 2.60. The van der Waals surface area contributed by atoms with Gasteiger partial charge in [-0.05, 0) is 35.5 Å². The molecule has 0 aliphatic heterocycles. The van der Waals surface area contributed by atoms with Gasteiger partial charge in [0, 0.05) is 11.6 Å². The van der Waals surface area contributed by atoms with Crippen LogP contribution in [0.3, 0.4) is 0 Å². The van der Waals surface area contributed by atoms with E-state index in [-0.39, 0.29) is 0 Å². The number of hydrogen-bond acceptors (Lipinski definition) is 4. The van der Waals surface area contributed by atoms with Gasteiger partial charge in [-0.25, -0.2) is 0 Å². The standard InChI is InChI=1S/C11H13N3S/c1-8(2)5-9-3-4-10(12-6-9)11-7-15-14-13-11/h3-4,6-8H,5H2,1-2H3. The van der Waals surface area contributed by atoms with Gasteiger partial charge in [0.15, 0.2) is 0 Å². The van der Waals surface area contributed by atoms with Crippen LogP contribution in [0.15, 0.2) is 23.7 Å². The van der Waals surface area contributed by atoms with E-state index in [0.29, 0.717) is 5.92 Å². The second kappa shape index (κ2) is 4.49. The second-order valence-corrected chi connectivity index (χ2v) is 4.55. The lowest BCUT2D eigenvalue weighted by atomic mass is 10.0. The summed E-state index contributed by atoms with van der Waals surface area (Å²) >= 11 is 1.35. The van der Waals surface area contributed by atoms with Crippen LogP contribution in [0.1, 0.15) is 19.4 Å². The Morgan fingerprint density at radius 1 is 1.27 bits per heavy atom. The van der Waals surface area contributed by atoms with E-state index in [1.807, 2.05) is 17.6 Å². The maximum absolute atomic E-state index is 4.38. The molecule has 0 amide bonds. The van der Waals surface area contributed by atoms with Gasteiger partial charge < -0.3 is 0 Å². The highest BCUT2D eigenvalue weighted by atomic mass is 32.1. The van der Waals surface area contributed by atoms with E-state index < -0.39 is 0 Å². The zero-order chi connectivity index (χ0) is 10.7. The summed E-state index contributed by atoms with van der Waals surface area (Å²) < 4.78 is 3.82. The van der Waals surface area contributed by atoms with E-state index in [4.69, 9.17) is 0 Å². The predicted octanol–water partition coefficient (Wildman–Crippen LogP) is 2.80. The Balaban J connectivity index is 2.17. The van der Waals surface area contributed by atoms with Gasteiger partial charge in [0.2, 0.25) is 0 Å². The molecule has 2 rings (SSSR count). The quantitative estimate of drug-likeness (QED) is 0.796. The molecule has 4 heteroatoms. The highest BCUT2D eigenvalue weighted by Gasteiger charge is 2.03. The molecule has 0 fully saturated rings. The molecule has 2 heterocycles. The molecule has 78 valence electrons. The lowest BCUT2D eigenvalue weighted by Crippen LogP contribution is -1.95. The number of hydrogen-bond donors (Lipinski definition) is 0. The molecular formula is C11H13N3S. The molecule has 0 bridgehead atoms. The highest BCUT2D eigenvalue weighted by molar-refractivity contribution is 7.03. The van der Waals surface area contributed by atoms with Crippen molar-refractivity contribution in [2.45, 2.75) is 20.3 Å². The van der Waals surface area contributed by atoms with Crippen LogP contribution in [0.25, 0.3) is 11.4 Å². The van der Waals surface area contributed by atoms with Gasteiger partial charge in [-0.2, -0.15) is 0 Å². The van der Waals surface area contributed by atoms with Gasteiger partial charge in [0.05, 0.1) is 5.69 Å². The first-order valence-electron chi connectivity index (χ1n) is 4.98. The molecule has 2 aromatic rings. The van der Waals surface area contributed by atoms with E-state index in [1.165, 1.54) is 17.1 Å². The monoisotopic (exact) mass is 219 g/mol. The SMILES string of the molecule is CC(C)Cc1ccc(-c2csnn2)nc1. The van der Waals surface area contributed by atoms with Gasteiger partial charge >= 0.3 is 0 Å². The Morgan fingerprint density at radius 2 is 2.13 bits per heavy atom. The molecule has 0 aliphatic rings. The molecule has 0 saturated heterocycles. The Labute approximate surface area is 93.4 Å². The maximum atomic E-state index is 4.38. The topological polar surface area (TPSA) is 38.7 Å². The highest BCUT2D eigenvalue weighted by Crippen LogP contribution is 2.16. The zero-order valence-corrected chi connectivity index (χ0v) is 9.66. The van der Waals surface area contributed by atoms with Crippen molar-refractivity contribution < 1.29 is 0 Å². The van der Waals surface area contributed by atoms with Gasteiger partial charge in [0.1, 0.15) is 5.69 Å². The fourth-order valence-electron chi connectivity index (χ4n) is 1.44. The predicted molar refractivity (Wildman–Crippen MR) is 61.7 cm³/mol. The molecule has 0 saturated carbocycles. The van der Waals surface area contributed by atoms with E-state index >= 15 is 0 Å². The van der Waals surface area contributed by atoms with Crippen LogP contribution < -0.4 is 0 Å². The summed E-state index contributed by atoms with van der Waals surface area (Å²) in [5.74, 6) is 0.665. The maximum Gasteiger partial charge on any atom is 0.124 e. The first kappa shape index (κ1) is 10.2. The number of nitrogens with zero attached hydrogens (tertiary/aromatic N) is 3. The lowest BCUT2D eigenvalue weighted by Gasteiger charge is -2.04. The summed E-state index contributed by atoms with van der Waals surface area (Å²) in [6.07, 6.45) is 3.00. The molecule has 0 aromatic carbocycles. The third kappa shape index (κ3) is 2.59. The minimum Gasteiger partial charge on any atom is -0.254 e. The Morgan fingerprint density at radius 3 is 2.67 bits per heavy atom. The summed E-state index contributed by atoms with van der Waals surface area (Å²) in [6, 6.07) is 4.12. The van der Waals surface area contributed by atoms with Gasteiger partial charge in [0.25, 0.3) is 0 Å². The summed E-state index contributed by atoms with van der Waals surface area (Å²) in [4.78, 5) is 4.38. The molecule has 0 radical (unpaired) electrons. The Hall–Kier alpha value is -1.29. The molecule has 0 unspecified atom stereocenters. The van der Waals surface area contributed by atoms with Crippen LogP contribution >= 0.6 is 11.5 Å². The number of aromatic nitrogens is 3. The van der Waals surface area contributed by atoms with Crippen molar-refractivity contribution in [3.8, 4) is 11.4 Å². The summed E-state index contributed by atoms with van der Waals surface area (Å²) in [7, 11) is 0. The van der Waals surface area contributed by atoms with Crippen LogP contribution in [0.2, 0.25) is 0 Å². The first-order chi connectivity index (χ1) is 7.25.